The summed E-state index contributed by atoms with van der Waals surface area (Å²) in [6, 6.07) is 16.9. The van der Waals surface area contributed by atoms with E-state index in [1.54, 1.807) is 0 Å². The van der Waals surface area contributed by atoms with Crippen molar-refractivity contribution in [1.29, 1.82) is 0 Å². The summed E-state index contributed by atoms with van der Waals surface area (Å²) in [5, 5.41) is 6.47. The van der Waals surface area contributed by atoms with E-state index >= 15 is 0 Å². The molecule has 0 bridgehead atoms. The van der Waals surface area contributed by atoms with Crippen LogP contribution in [-0.2, 0) is 6.54 Å². The molecule has 2 aliphatic heterocycles. The van der Waals surface area contributed by atoms with Crippen LogP contribution < -0.4 is 5.32 Å². The van der Waals surface area contributed by atoms with Gasteiger partial charge in [-0.1, -0.05) is 36.4 Å². The van der Waals surface area contributed by atoms with Gasteiger partial charge in [0.15, 0.2) is 0 Å². The van der Waals surface area contributed by atoms with Gasteiger partial charge in [-0.25, -0.2) is 0 Å². The van der Waals surface area contributed by atoms with Gasteiger partial charge in [-0.3, -0.25) is 4.90 Å². The van der Waals surface area contributed by atoms with Crippen molar-refractivity contribution >= 4 is 10.8 Å². The molecule has 0 aromatic heterocycles. The second-order valence-electron chi connectivity index (χ2n) is 6.20. The Morgan fingerprint density at radius 2 is 1.90 bits per heavy atom. The zero-order valence-corrected chi connectivity index (χ0v) is 11.9. The summed E-state index contributed by atoms with van der Waals surface area (Å²) in [6.07, 6.45) is 4.09. The lowest BCUT2D eigenvalue weighted by molar-refractivity contribution is 0.298. The van der Waals surface area contributed by atoms with E-state index in [1.807, 2.05) is 0 Å². The summed E-state index contributed by atoms with van der Waals surface area (Å²) >= 11 is 0. The lowest BCUT2D eigenvalue weighted by Crippen LogP contribution is -2.38. The van der Waals surface area contributed by atoms with Crippen LogP contribution in [0.5, 0.6) is 0 Å². The highest BCUT2D eigenvalue weighted by molar-refractivity contribution is 5.82. The lowest BCUT2D eigenvalue weighted by atomic mass is 10.0. The monoisotopic (exact) mass is 266 g/mol. The first-order valence-electron chi connectivity index (χ1n) is 7.85. The van der Waals surface area contributed by atoms with Crippen LogP contribution >= 0.6 is 0 Å². The Hall–Kier alpha value is -1.38. The van der Waals surface area contributed by atoms with Crippen molar-refractivity contribution in [3.63, 3.8) is 0 Å². The first-order valence-corrected chi connectivity index (χ1v) is 7.85. The number of hydrogen-bond donors (Lipinski definition) is 1. The average Bonchev–Trinajstić information content (AvgIpc) is 3.08. The van der Waals surface area contributed by atoms with Gasteiger partial charge >= 0.3 is 0 Å². The van der Waals surface area contributed by atoms with Crippen LogP contribution in [0, 0.1) is 0 Å². The fourth-order valence-electron chi connectivity index (χ4n) is 3.92. The summed E-state index contributed by atoms with van der Waals surface area (Å²) in [4.78, 5) is 2.66. The molecule has 4 rings (SSSR count). The van der Waals surface area contributed by atoms with E-state index in [2.05, 4.69) is 52.7 Å². The minimum absolute atomic E-state index is 0.698. The van der Waals surface area contributed by atoms with Crippen molar-refractivity contribution in [3.8, 4) is 0 Å². The molecule has 2 aliphatic rings. The Labute approximate surface area is 120 Å². The van der Waals surface area contributed by atoms with Crippen LogP contribution in [0.1, 0.15) is 24.8 Å². The van der Waals surface area contributed by atoms with Crippen LogP contribution in [-0.4, -0.2) is 30.1 Å². The molecule has 2 fully saturated rings. The molecule has 0 saturated carbocycles. The summed E-state index contributed by atoms with van der Waals surface area (Å²) in [5.41, 5.74) is 1.40. The predicted octanol–water partition coefficient (Wildman–Crippen LogP) is 3.17. The summed E-state index contributed by atoms with van der Waals surface area (Å²) < 4.78 is 0. The Kier molecular flexibility index (Phi) is 3.21. The molecular formula is C18H22N2. The Balaban J connectivity index is 1.45. The third-order valence-corrected chi connectivity index (χ3v) is 4.99. The van der Waals surface area contributed by atoms with E-state index in [0.717, 1.165) is 12.6 Å². The second-order valence-corrected chi connectivity index (χ2v) is 6.20. The maximum Gasteiger partial charge on any atom is 0.0250 e. The van der Waals surface area contributed by atoms with Crippen LogP contribution in [0.15, 0.2) is 42.5 Å². The maximum atomic E-state index is 3.79. The van der Waals surface area contributed by atoms with E-state index in [-0.39, 0.29) is 0 Å². The molecule has 2 nitrogen and oxygen atoms in total. The van der Waals surface area contributed by atoms with Crippen molar-refractivity contribution in [2.75, 3.05) is 13.1 Å². The Bertz CT molecular complexity index is 607. The number of benzene rings is 2. The molecule has 0 amide bonds. The van der Waals surface area contributed by atoms with Crippen LogP contribution in [0.25, 0.3) is 10.8 Å². The normalized spacial score (nSPS) is 26.2. The zero-order valence-electron chi connectivity index (χ0n) is 11.9. The van der Waals surface area contributed by atoms with Crippen molar-refractivity contribution in [2.45, 2.75) is 37.9 Å². The van der Waals surface area contributed by atoms with Gasteiger partial charge in [-0.15, -0.1) is 0 Å². The van der Waals surface area contributed by atoms with Gasteiger partial charge in [0.25, 0.3) is 0 Å². The number of nitrogens with zero attached hydrogens (tertiary/aromatic N) is 1. The largest absolute Gasteiger partial charge is 0.308 e. The first kappa shape index (κ1) is 12.4. The summed E-state index contributed by atoms with van der Waals surface area (Å²) in [5.74, 6) is 0. The SMILES string of the molecule is c1ccc2cc(CNC3CCN4CCCC34)ccc2c1. The third-order valence-electron chi connectivity index (χ3n) is 4.99. The first-order chi connectivity index (χ1) is 9.90. The van der Waals surface area contributed by atoms with Crippen molar-refractivity contribution in [2.24, 2.45) is 0 Å². The number of nitrogens with one attached hydrogen (secondary N) is 1. The topological polar surface area (TPSA) is 15.3 Å². The molecule has 0 aliphatic carbocycles. The molecule has 2 saturated heterocycles. The average molecular weight is 266 g/mol. The minimum Gasteiger partial charge on any atom is -0.308 e. The van der Waals surface area contributed by atoms with E-state index in [0.29, 0.717) is 6.04 Å². The van der Waals surface area contributed by atoms with Crippen LogP contribution in [0.3, 0.4) is 0 Å². The number of fused-ring (bicyclic) bond motifs is 2. The van der Waals surface area contributed by atoms with Crippen molar-refractivity contribution in [3.05, 3.63) is 48.0 Å². The Morgan fingerprint density at radius 1 is 1.00 bits per heavy atom. The van der Waals surface area contributed by atoms with E-state index in [4.69, 9.17) is 0 Å². The number of hydrogen-bond acceptors (Lipinski definition) is 2. The van der Waals surface area contributed by atoms with E-state index < -0.39 is 0 Å². The molecule has 0 spiro atoms. The molecule has 2 heterocycles. The molecule has 2 heteroatoms. The van der Waals surface area contributed by atoms with E-state index in [1.165, 1.54) is 48.7 Å². The summed E-state index contributed by atoms with van der Waals surface area (Å²) in [6.45, 7) is 3.61. The highest BCUT2D eigenvalue weighted by Crippen LogP contribution is 2.28. The Morgan fingerprint density at radius 3 is 2.85 bits per heavy atom. The zero-order chi connectivity index (χ0) is 13.4. The molecule has 104 valence electrons. The number of rotatable bonds is 3. The smallest absolute Gasteiger partial charge is 0.0250 e. The molecule has 2 aromatic carbocycles. The van der Waals surface area contributed by atoms with Gasteiger partial charge in [0.05, 0.1) is 0 Å². The molecule has 20 heavy (non-hydrogen) atoms. The maximum absolute atomic E-state index is 3.79. The standard InChI is InChI=1S/C18H22N2/c1-2-5-16-12-14(7-8-15(16)4-1)13-19-17-9-11-20-10-3-6-18(17)20/h1-2,4-5,7-8,12,17-19H,3,6,9-11,13H2. The van der Waals surface area contributed by atoms with Crippen LogP contribution in [0.4, 0.5) is 0 Å². The van der Waals surface area contributed by atoms with Crippen molar-refractivity contribution in [1.82, 2.24) is 10.2 Å². The molecule has 2 unspecified atom stereocenters. The predicted molar refractivity (Wildman–Crippen MR) is 83.8 cm³/mol. The molecule has 2 aromatic rings. The summed E-state index contributed by atoms with van der Waals surface area (Å²) in [7, 11) is 0. The quantitative estimate of drug-likeness (QED) is 0.918. The molecular weight excluding hydrogens is 244 g/mol. The van der Waals surface area contributed by atoms with Crippen LogP contribution in [0.2, 0.25) is 0 Å². The second kappa shape index (κ2) is 5.19. The fraction of sp³-hybridized carbons (Fsp3) is 0.444. The molecule has 1 N–H and O–H groups in total. The minimum atomic E-state index is 0.698. The lowest BCUT2D eigenvalue weighted by Gasteiger charge is -2.21. The third kappa shape index (κ3) is 2.23. The van der Waals surface area contributed by atoms with Gasteiger partial charge in [-0.05, 0) is 48.2 Å². The van der Waals surface area contributed by atoms with Crippen molar-refractivity contribution < 1.29 is 0 Å². The van der Waals surface area contributed by atoms with Gasteiger partial charge in [0, 0.05) is 25.2 Å². The van der Waals surface area contributed by atoms with Gasteiger partial charge in [0.1, 0.15) is 0 Å². The van der Waals surface area contributed by atoms with E-state index in [9.17, 15) is 0 Å². The van der Waals surface area contributed by atoms with Gasteiger partial charge in [-0.2, -0.15) is 0 Å². The highest BCUT2D eigenvalue weighted by atomic mass is 15.2. The van der Waals surface area contributed by atoms with Gasteiger partial charge in [0.2, 0.25) is 0 Å². The highest BCUT2D eigenvalue weighted by Gasteiger charge is 2.36. The molecule has 0 radical (unpaired) electrons. The fourth-order valence-corrected chi connectivity index (χ4v) is 3.92. The van der Waals surface area contributed by atoms with Gasteiger partial charge < -0.3 is 5.32 Å². The molecule has 2 atom stereocenters.